The summed E-state index contributed by atoms with van der Waals surface area (Å²) < 4.78 is 13.5. The predicted octanol–water partition coefficient (Wildman–Crippen LogP) is 1.61. The van der Waals surface area contributed by atoms with E-state index in [0.29, 0.717) is 6.54 Å². The zero-order valence-corrected chi connectivity index (χ0v) is 12.6. The third kappa shape index (κ3) is 5.51. The average Bonchev–Trinajstić information content (AvgIpc) is 2.46. The van der Waals surface area contributed by atoms with Crippen LogP contribution in [0.1, 0.15) is 20.3 Å². The zero-order chi connectivity index (χ0) is 15.8. The first-order chi connectivity index (χ1) is 9.95. The number of rotatable bonds is 7. The second kappa shape index (κ2) is 8.36. The summed E-state index contributed by atoms with van der Waals surface area (Å²) in [6.07, 6.45) is 0.860. The first-order valence-electron chi connectivity index (χ1n) is 6.98. The molecule has 0 saturated carbocycles. The first-order valence-corrected chi connectivity index (χ1v) is 6.98. The van der Waals surface area contributed by atoms with E-state index in [0.717, 1.165) is 6.42 Å². The molecule has 0 fully saturated rings. The topological polar surface area (TPSA) is 61.4 Å². The lowest BCUT2D eigenvalue weighted by atomic mass is 10.2. The number of benzene rings is 1. The maximum Gasteiger partial charge on any atom is 0.241 e. The van der Waals surface area contributed by atoms with E-state index in [4.69, 9.17) is 0 Å². The highest BCUT2D eigenvalue weighted by Gasteiger charge is 2.20. The number of nitrogens with one attached hydrogen (secondary N) is 2. The monoisotopic (exact) mass is 295 g/mol. The zero-order valence-electron chi connectivity index (χ0n) is 12.6. The molecule has 0 bridgehead atoms. The van der Waals surface area contributed by atoms with Gasteiger partial charge in [-0.25, -0.2) is 4.39 Å². The summed E-state index contributed by atoms with van der Waals surface area (Å²) in [5.74, 6) is -0.975. The van der Waals surface area contributed by atoms with Crippen LogP contribution >= 0.6 is 0 Å². The van der Waals surface area contributed by atoms with Crippen molar-refractivity contribution in [3.63, 3.8) is 0 Å². The number of nitrogens with zero attached hydrogens (tertiary/aromatic N) is 1. The van der Waals surface area contributed by atoms with Gasteiger partial charge in [-0.3, -0.25) is 14.5 Å². The Morgan fingerprint density at radius 3 is 2.62 bits per heavy atom. The van der Waals surface area contributed by atoms with E-state index in [-0.39, 0.29) is 24.0 Å². The van der Waals surface area contributed by atoms with Gasteiger partial charge in [0, 0.05) is 6.54 Å². The van der Waals surface area contributed by atoms with E-state index in [1.807, 2.05) is 6.92 Å². The Morgan fingerprint density at radius 1 is 1.33 bits per heavy atom. The Kier molecular flexibility index (Phi) is 6.81. The summed E-state index contributed by atoms with van der Waals surface area (Å²) >= 11 is 0. The van der Waals surface area contributed by atoms with Crippen molar-refractivity contribution in [1.29, 1.82) is 0 Å². The number of halogens is 1. The number of carbonyl (C=O) groups is 2. The Bertz CT molecular complexity index is 494. The van der Waals surface area contributed by atoms with E-state index in [1.54, 1.807) is 31.0 Å². The minimum atomic E-state index is -0.544. The molecule has 1 atom stereocenters. The smallest absolute Gasteiger partial charge is 0.241 e. The van der Waals surface area contributed by atoms with Gasteiger partial charge in [0.05, 0.1) is 18.3 Å². The molecule has 0 aliphatic carbocycles. The highest BCUT2D eigenvalue weighted by molar-refractivity contribution is 5.95. The minimum Gasteiger partial charge on any atom is -0.355 e. The van der Waals surface area contributed by atoms with Gasteiger partial charge >= 0.3 is 0 Å². The summed E-state index contributed by atoms with van der Waals surface area (Å²) in [4.78, 5) is 25.3. The molecule has 2 amide bonds. The van der Waals surface area contributed by atoms with Gasteiger partial charge in [0.25, 0.3) is 0 Å². The van der Waals surface area contributed by atoms with Crippen molar-refractivity contribution in [2.45, 2.75) is 26.3 Å². The maximum absolute atomic E-state index is 13.5. The molecule has 0 radical (unpaired) electrons. The summed E-state index contributed by atoms with van der Waals surface area (Å²) in [6.45, 7) is 4.37. The van der Waals surface area contributed by atoms with Crippen LogP contribution < -0.4 is 10.6 Å². The lowest BCUT2D eigenvalue weighted by Crippen LogP contribution is -2.45. The summed E-state index contributed by atoms with van der Waals surface area (Å²) in [5.41, 5.74) is 0.137. The molecule has 0 heterocycles. The van der Waals surface area contributed by atoms with Crippen LogP contribution in [0.2, 0.25) is 0 Å². The van der Waals surface area contributed by atoms with Gasteiger partial charge in [-0.05, 0) is 32.5 Å². The third-order valence-electron chi connectivity index (χ3n) is 3.14. The van der Waals surface area contributed by atoms with E-state index in [2.05, 4.69) is 10.6 Å². The summed E-state index contributed by atoms with van der Waals surface area (Å²) in [5, 5.41) is 5.26. The molecule has 5 nitrogen and oxygen atoms in total. The fraction of sp³-hybridized carbons (Fsp3) is 0.467. The normalized spacial score (nSPS) is 12.0. The molecule has 6 heteroatoms. The van der Waals surface area contributed by atoms with Crippen molar-refractivity contribution < 1.29 is 14.0 Å². The van der Waals surface area contributed by atoms with Gasteiger partial charge in [0.15, 0.2) is 0 Å². The van der Waals surface area contributed by atoms with Crippen LogP contribution in [-0.4, -0.2) is 42.9 Å². The molecule has 1 aromatic carbocycles. The van der Waals surface area contributed by atoms with E-state index in [1.165, 1.54) is 12.1 Å². The van der Waals surface area contributed by atoms with Crippen molar-refractivity contribution in [1.82, 2.24) is 10.2 Å². The molecular weight excluding hydrogens is 273 g/mol. The maximum atomic E-state index is 13.5. The van der Waals surface area contributed by atoms with Gasteiger partial charge in [-0.1, -0.05) is 19.1 Å². The third-order valence-corrected chi connectivity index (χ3v) is 3.14. The van der Waals surface area contributed by atoms with E-state index in [9.17, 15) is 14.0 Å². The van der Waals surface area contributed by atoms with Crippen molar-refractivity contribution in [2.24, 2.45) is 0 Å². The molecule has 0 spiro atoms. The fourth-order valence-corrected chi connectivity index (χ4v) is 1.68. The van der Waals surface area contributed by atoms with Crippen LogP contribution in [0.5, 0.6) is 0 Å². The van der Waals surface area contributed by atoms with Crippen molar-refractivity contribution in [3.05, 3.63) is 30.1 Å². The van der Waals surface area contributed by atoms with Crippen LogP contribution in [0.4, 0.5) is 10.1 Å². The Labute approximate surface area is 124 Å². The van der Waals surface area contributed by atoms with Gasteiger partial charge in [-0.2, -0.15) is 0 Å². The highest BCUT2D eigenvalue weighted by atomic mass is 19.1. The average molecular weight is 295 g/mol. The molecule has 21 heavy (non-hydrogen) atoms. The molecule has 1 aromatic rings. The van der Waals surface area contributed by atoms with Crippen LogP contribution in [0.3, 0.4) is 0 Å². The lowest BCUT2D eigenvalue weighted by Gasteiger charge is -2.23. The Hall–Kier alpha value is -1.95. The SMILES string of the molecule is CCCNC(=O)CN(C)[C@@H](C)C(=O)Nc1ccccc1F. The molecule has 0 saturated heterocycles. The minimum absolute atomic E-state index is 0.117. The van der Waals surface area contributed by atoms with E-state index < -0.39 is 11.9 Å². The number of para-hydroxylation sites is 1. The Balaban J connectivity index is 2.53. The lowest BCUT2D eigenvalue weighted by molar-refractivity contribution is -0.124. The van der Waals surface area contributed by atoms with E-state index >= 15 is 0 Å². The van der Waals surface area contributed by atoms with Crippen LogP contribution in [-0.2, 0) is 9.59 Å². The predicted molar refractivity (Wildman–Crippen MR) is 80.4 cm³/mol. The molecule has 1 rings (SSSR count). The van der Waals surface area contributed by atoms with Crippen molar-refractivity contribution >= 4 is 17.5 Å². The molecule has 2 N–H and O–H groups in total. The van der Waals surface area contributed by atoms with Crippen molar-refractivity contribution in [2.75, 3.05) is 25.5 Å². The highest BCUT2D eigenvalue weighted by Crippen LogP contribution is 2.13. The number of hydrogen-bond donors (Lipinski definition) is 2. The molecule has 116 valence electrons. The molecular formula is C15H22FN3O2. The van der Waals surface area contributed by atoms with Crippen LogP contribution in [0.15, 0.2) is 24.3 Å². The quantitative estimate of drug-likeness (QED) is 0.803. The number of likely N-dealkylation sites (N-methyl/N-ethyl adjacent to an activating group) is 1. The first kappa shape index (κ1) is 17.1. The molecule has 0 unspecified atom stereocenters. The molecule has 0 aromatic heterocycles. The molecule has 0 aliphatic heterocycles. The van der Waals surface area contributed by atoms with Gasteiger partial charge < -0.3 is 10.6 Å². The van der Waals surface area contributed by atoms with Crippen LogP contribution in [0.25, 0.3) is 0 Å². The second-order valence-electron chi connectivity index (χ2n) is 4.91. The standard InChI is InChI=1S/C15H22FN3O2/c1-4-9-17-14(20)10-19(3)11(2)15(21)18-13-8-6-5-7-12(13)16/h5-8,11H,4,9-10H2,1-3H3,(H,17,20)(H,18,21)/t11-/m0/s1. The summed E-state index contributed by atoms with van der Waals surface area (Å²) in [6, 6.07) is 5.43. The number of amides is 2. The second-order valence-corrected chi connectivity index (χ2v) is 4.91. The molecule has 0 aliphatic rings. The van der Waals surface area contributed by atoms with Crippen LogP contribution in [0, 0.1) is 5.82 Å². The van der Waals surface area contributed by atoms with Gasteiger partial charge in [0.1, 0.15) is 5.82 Å². The van der Waals surface area contributed by atoms with Gasteiger partial charge in [0.2, 0.25) is 11.8 Å². The fourth-order valence-electron chi connectivity index (χ4n) is 1.68. The largest absolute Gasteiger partial charge is 0.355 e. The van der Waals surface area contributed by atoms with Gasteiger partial charge in [-0.15, -0.1) is 0 Å². The number of carbonyl (C=O) groups excluding carboxylic acids is 2. The summed E-state index contributed by atoms with van der Waals surface area (Å²) in [7, 11) is 1.68. The number of hydrogen-bond acceptors (Lipinski definition) is 3. The number of anilines is 1. The van der Waals surface area contributed by atoms with Crippen molar-refractivity contribution in [3.8, 4) is 0 Å². The Morgan fingerprint density at radius 2 is 2.00 bits per heavy atom.